The Kier molecular flexibility index (Phi) is 3.18. The van der Waals surface area contributed by atoms with Crippen molar-refractivity contribution in [3.63, 3.8) is 0 Å². The second-order valence-corrected chi connectivity index (χ2v) is 4.68. The van der Waals surface area contributed by atoms with E-state index in [9.17, 15) is 8.78 Å². The molecule has 1 aliphatic heterocycles. The predicted molar refractivity (Wildman–Crippen MR) is 65.1 cm³/mol. The van der Waals surface area contributed by atoms with Crippen LogP contribution in [0.2, 0.25) is 0 Å². The Balaban J connectivity index is 2.20. The molecule has 0 saturated carbocycles. The van der Waals surface area contributed by atoms with Crippen molar-refractivity contribution in [2.45, 2.75) is 25.2 Å². The normalized spacial score (nSPS) is 20.6. The zero-order valence-electron chi connectivity index (χ0n) is 10.00. The standard InChI is InChI=1S/C14H17F2N/c1-3-17-8-7-12(10-17)11-5-4-6-13(9-11)14(2,15)16/h3-6,9,12H,1,7-8,10H2,2H3. The first-order chi connectivity index (χ1) is 8.00. The largest absolute Gasteiger partial charge is 0.377 e. The molecule has 0 bridgehead atoms. The molecule has 0 aromatic heterocycles. The number of rotatable bonds is 3. The van der Waals surface area contributed by atoms with E-state index < -0.39 is 5.92 Å². The molecule has 17 heavy (non-hydrogen) atoms. The second-order valence-electron chi connectivity index (χ2n) is 4.68. The van der Waals surface area contributed by atoms with E-state index in [1.807, 2.05) is 12.3 Å². The molecular weight excluding hydrogens is 220 g/mol. The minimum atomic E-state index is -2.76. The average molecular weight is 237 g/mol. The number of halogens is 2. The fourth-order valence-electron chi connectivity index (χ4n) is 2.29. The van der Waals surface area contributed by atoms with E-state index in [4.69, 9.17) is 0 Å². The van der Waals surface area contributed by atoms with E-state index in [1.54, 1.807) is 12.1 Å². The fourth-order valence-corrected chi connectivity index (χ4v) is 2.29. The summed E-state index contributed by atoms with van der Waals surface area (Å²) in [6, 6.07) is 6.78. The summed E-state index contributed by atoms with van der Waals surface area (Å²) in [6.07, 6.45) is 2.82. The average Bonchev–Trinajstić information content (AvgIpc) is 2.76. The predicted octanol–water partition coefficient (Wildman–Crippen LogP) is 3.73. The van der Waals surface area contributed by atoms with Gasteiger partial charge in [-0.15, -0.1) is 0 Å². The molecule has 2 rings (SSSR count). The fraction of sp³-hybridized carbons (Fsp3) is 0.429. The lowest BCUT2D eigenvalue weighted by Crippen LogP contribution is -2.12. The van der Waals surface area contributed by atoms with E-state index in [2.05, 4.69) is 11.5 Å². The summed E-state index contributed by atoms with van der Waals surface area (Å²) in [5.41, 5.74) is 1.11. The summed E-state index contributed by atoms with van der Waals surface area (Å²) in [5, 5.41) is 0. The summed E-state index contributed by atoms with van der Waals surface area (Å²) in [5.74, 6) is -2.41. The monoisotopic (exact) mass is 237 g/mol. The van der Waals surface area contributed by atoms with Crippen LogP contribution in [0.4, 0.5) is 8.78 Å². The highest BCUT2D eigenvalue weighted by Crippen LogP contribution is 2.32. The van der Waals surface area contributed by atoms with Crippen LogP contribution in [-0.4, -0.2) is 18.0 Å². The number of alkyl halides is 2. The third-order valence-electron chi connectivity index (χ3n) is 3.34. The second kappa shape index (κ2) is 4.47. The lowest BCUT2D eigenvalue weighted by atomic mass is 9.95. The van der Waals surface area contributed by atoms with Crippen LogP contribution < -0.4 is 0 Å². The molecule has 0 aliphatic carbocycles. The lowest BCUT2D eigenvalue weighted by Gasteiger charge is -2.16. The molecule has 1 aliphatic rings. The third kappa shape index (κ3) is 2.65. The van der Waals surface area contributed by atoms with E-state index in [1.165, 1.54) is 6.07 Å². The van der Waals surface area contributed by atoms with Crippen LogP contribution in [0.5, 0.6) is 0 Å². The smallest absolute Gasteiger partial charge is 0.270 e. The van der Waals surface area contributed by atoms with Gasteiger partial charge in [-0.25, -0.2) is 8.78 Å². The molecule has 1 unspecified atom stereocenters. The summed E-state index contributed by atoms with van der Waals surface area (Å²) in [7, 11) is 0. The van der Waals surface area contributed by atoms with E-state index in [0.29, 0.717) is 5.92 Å². The SMILES string of the molecule is C=CN1CCC(c2cccc(C(C)(F)F)c2)C1. The maximum absolute atomic E-state index is 13.2. The van der Waals surface area contributed by atoms with Crippen molar-refractivity contribution < 1.29 is 8.78 Å². The van der Waals surface area contributed by atoms with Crippen LogP contribution in [0.25, 0.3) is 0 Å². The van der Waals surface area contributed by atoms with Crippen LogP contribution in [-0.2, 0) is 5.92 Å². The van der Waals surface area contributed by atoms with E-state index in [0.717, 1.165) is 32.0 Å². The molecular formula is C14H17F2N. The molecule has 92 valence electrons. The van der Waals surface area contributed by atoms with Crippen molar-refractivity contribution in [2.75, 3.05) is 13.1 Å². The summed E-state index contributed by atoms with van der Waals surface area (Å²) >= 11 is 0. The van der Waals surface area contributed by atoms with Gasteiger partial charge in [0.15, 0.2) is 0 Å². The highest BCUT2D eigenvalue weighted by Gasteiger charge is 2.27. The first-order valence-corrected chi connectivity index (χ1v) is 5.85. The highest BCUT2D eigenvalue weighted by atomic mass is 19.3. The quantitative estimate of drug-likeness (QED) is 0.774. The minimum Gasteiger partial charge on any atom is -0.377 e. The van der Waals surface area contributed by atoms with Gasteiger partial charge in [0.1, 0.15) is 0 Å². The molecule has 1 heterocycles. The third-order valence-corrected chi connectivity index (χ3v) is 3.34. The zero-order valence-corrected chi connectivity index (χ0v) is 10.00. The summed E-state index contributed by atoms with van der Waals surface area (Å²) in [4.78, 5) is 2.13. The van der Waals surface area contributed by atoms with Crippen molar-refractivity contribution in [1.82, 2.24) is 4.90 Å². The molecule has 1 aromatic rings. The van der Waals surface area contributed by atoms with Crippen LogP contribution in [0.3, 0.4) is 0 Å². The Hall–Kier alpha value is -1.38. The Bertz CT molecular complexity index is 409. The van der Waals surface area contributed by atoms with Crippen LogP contribution >= 0.6 is 0 Å². The van der Waals surface area contributed by atoms with Crippen molar-refractivity contribution in [3.05, 3.63) is 48.2 Å². The number of likely N-dealkylation sites (tertiary alicyclic amines) is 1. The van der Waals surface area contributed by atoms with Crippen LogP contribution in [0.15, 0.2) is 37.0 Å². The molecule has 1 fully saturated rings. The van der Waals surface area contributed by atoms with Gasteiger partial charge in [-0.2, -0.15) is 0 Å². The highest BCUT2D eigenvalue weighted by molar-refractivity contribution is 5.30. The van der Waals surface area contributed by atoms with Gasteiger partial charge < -0.3 is 4.90 Å². The molecule has 0 N–H and O–H groups in total. The van der Waals surface area contributed by atoms with Gasteiger partial charge in [0.05, 0.1) is 0 Å². The van der Waals surface area contributed by atoms with E-state index >= 15 is 0 Å². The van der Waals surface area contributed by atoms with E-state index in [-0.39, 0.29) is 5.56 Å². The Morgan fingerprint density at radius 2 is 2.24 bits per heavy atom. The number of benzene rings is 1. The van der Waals surface area contributed by atoms with Gasteiger partial charge in [0.25, 0.3) is 5.92 Å². The van der Waals surface area contributed by atoms with Crippen LogP contribution in [0, 0.1) is 0 Å². The molecule has 1 saturated heterocycles. The van der Waals surface area contributed by atoms with Crippen molar-refractivity contribution in [1.29, 1.82) is 0 Å². The topological polar surface area (TPSA) is 3.24 Å². The maximum atomic E-state index is 13.2. The molecule has 1 aromatic carbocycles. The van der Waals surface area contributed by atoms with Gasteiger partial charge in [-0.3, -0.25) is 0 Å². The molecule has 1 atom stereocenters. The Morgan fingerprint density at radius 1 is 1.47 bits per heavy atom. The Morgan fingerprint density at radius 3 is 2.82 bits per heavy atom. The lowest BCUT2D eigenvalue weighted by molar-refractivity contribution is 0.0174. The maximum Gasteiger partial charge on any atom is 0.270 e. The van der Waals surface area contributed by atoms with Gasteiger partial charge in [-0.05, 0) is 24.3 Å². The molecule has 0 radical (unpaired) electrons. The first kappa shape index (κ1) is 12.1. The summed E-state index contributed by atoms with van der Waals surface area (Å²) < 4.78 is 26.5. The minimum absolute atomic E-state index is 0.104. The molecule has 3 heteroatoms. The van der Waals surface area contributed by atoms with Gasteiger partial charge in [0.2, 0.25) is 0 Å². The molecule has 1 nitrogen and oxygen atoms in total. The van der Waals surface area contributed by atoms with Gasteiger partial charge >= 0.3 is 0 Å². The molecule has 0 spiro atoms. The van der Waals surface area contributed by atoms with Crippen LogP contribution in [0.1, 0.15) is 30.4 Å². The van der Waals surface area contributed by atoms with Gasteiger partial charge in [0, 0.05) is 31.5 Å². The zero-order chi connectivity index (χ0) is 12.5. The van der Waals surface area contributed by atoms with Gasteiger partial charge in [-0.1, -0.05) is 24.8 Å². The summed E-state index contributed by atoms with van der Waals surface area (Å²) in [6.45, 7) is 6.51. The Labute approximate surface area is 101 Å². The number of nitrogens with zero attached hydrogens (tertiary/aromatic N) is 1. The van der Waals surface area contributed by atoms with Crippen molar-refractivity contribution >= 4 is 0 Å². The number of hydrogen-bond acceptors (Lipinski definition) is 1. The molecule has 0 amide bonds. The first-order valence-electron chi connectivity index (χ1n) is 5.85. The van der Waals surface area contributed by atoms with Crippen molar-refractivity contribution in [2.24, 2.45) is 0 Å². The number of hydrogen-bond donors (Lipinski definition) is 0. The van der Waals surface area contributed by atoms with Crippen molar-refractivity contribution in [3.8, 4) is 0 Å².